The van der Waals surface area contributed by atoms with Gasteiger partial charge in [0.25, 0.3) is 0 Å². The third kappa shape index (κ3) is 5.42. The van der Waals surface area contributed by atoms with E-state index in [0.717, 1.165) is 30.6 Å². The Balaban J connectivity index is 2.33. The highest BCUT2D eigenvalue weighted by Crippen LogP contribution is 2.16. The van der Waals surface area contributed by atoms with Gasteiger partial charge in [0, 0.05) is 24.2 Å². The fourth-order valence-corrected chi connectivity index (χ4v) is 1.82. The summed E-state index contributed by atoms with van der Waals surface area (Å²) in [4.78, 5) is 21.3. The Labute approximate surface area is 112 Å². The van der Waals surface area contributed by atoms with Crippen molar-refractivity contribution < 1.29 is 14.7 Å². The highest BCUT2D eigenvalue weighted by molar-refractivity contribution is 5.93. The lowest BCUT2D eigenvalue weighted by Gasteiger charge is -2.10. The summed E-state index contributed by atoms with van der Waals surface area (Å²) in [6, 6.07) is 5.30. The number of aryl methyl sites for hydroxylation is 1. The normalized spacial score (nSPS) is 10.2. The number of amides is 1. The van der Waals surface area contributed by atoms with E-state index in [2.05, 4.69) is 5.32 Å². The molecule has 0 saturated heterocycles. The van der Waals surface area contributed by atoms with Crippen LogP contribution < -0.4 is 11.1 Å². The Morgan fingerprint density at radius 2 is 2.00 bits per heavy atom. The van der Waals surface area contributed by atoms with E-state index >= 15 is 0 Å². The van der Waals surface area contributed by atoms with Crippen molar-refractivity contribution in [3.8, 4) is 0 Å². The average Bonchev–Trinajstić information content (AvgIpc) is 2.34. The number of unbranched alkanes of at least 4 members (excludes halogenated alkanes) is 2. The molecule has 0 aliphatic heterocycles. The van der Waals surface area contributed by atoms with Gasteiger partial charge in [0.1, 0.15) is 0 Å². The van der Waals surface area contributed by atoms with Gasteiger partial charge in [0.15, 0.2) is 0 Å². The molecular weight excluding hydrogens is 244 g/mol. The van der Waals surface area contributed by atoms with Gasteiger partial charge in [-0.2, -0.15) is 0 Å². The zero-order chi connectivity index (χ0) is 14.3. The van der Waals surface area contributed by atoms with Crippen LogP contribution in [0.5, 0.6) is 0 Å². The molecule has 1 amide bonds. The standard InChI is InChI=1S/C14H20N2O3/c1-10-9-11(14(15)19)6-7-12(10)16-8-4-2-3-5-13(17)18/h6-7,9,16H,2-5,8H2,1H3,(H2,15,19)(H,17,18). The van der Waals surface area contributed by atoms with Gasteiger partial charge in [-0.25, -0.2) is 0 Å². The van der Waals surface area contributed by atoms with E-state index in [4.69, 9.17) is 10.8 Å². The molecule has 0 aliphatic carbocycles. The van der Waals surface area contributed by atoms with E-state index in [9.17, 15) is 9.59 Å². The maximum atomic E-state index is 11.0. The van der Waals surface area contributed by atoms with E-state index in [1.807, 2.05) is 13.0 Å². The summed E-state index contributed by atoms with van der Waals surface area (Å²) in [6.45, 7) is 2.70. The number of nitrogens with two attached hydrogens (primary N) is 1. The van der Waals surface area contributed by atoms with Crippen molar-refractivity contribution in [3.63, 3.8) is 0 Å². The lowest BCUT2D eigenvalue weighted by molar-refractivity contribution is -0.137. The maximum absolute atomic E-state index is 11.0. The summed E-state index contributed by atoms with van der Waals surface area (Å²) in [5.74, 6) is -1.17. The maximum Gasteiger partial charge on any atom is 0.303 e. The van der Waals surface area contributed by atoms with Crippen molar-refractivity contribution in [1.82, 2.24) is 0 Å². The number of carbonyl (C=O) groups is 2. The lowest BCUT2D eigenvalue weighted by Crippen LogP contribution is -2.11. The van der Waals surface area contributed by atoms with Gasteiger partial charge in [-0.15, -0.1) is 0 Å². The molecule has 0 unspecified atom stereocenters. The number of aliphatic carboxylic acids is 1. The quantitative estimate of drug-likeness (QED) is 0.627. The Bertz CT molecular complexity index is 458. The van der Waals surface area contributed by atoms with Crippen LogP contribution in [0.4, 0.5) is 5.69 Å². The summed E-state index contributed by atoms with van der Waals surface area (Å²) in [5.41, 5.74) is 7.66. The second kappa shape index (κ2) is 7.41. The number of anilines is 1. The first kappa shape index (κ1) is 15.0. The van der Waals surface area contributed by atoms with Gasteiger partial charge in [-0.05, 0) is 43.5 Å². The van der Waals surface area contributed by atoms with Crippen LogP contribution in [0.1, 0.15) is 41.6 Å². The molecule has 1 aromatic rings. The number of rotatable bonds is 8. The Kier molecular flexibility index (Phi) is 5.85. The summed E-state index contributed by atoms with van der Waals surface area (Å²) in [6.07, 6.45) is 2.74. The van der Waals surface area contributed by atoms with E-state index in [0.29, 0.717) is 12.0 Å². The number of nitrogens with one attached hydrogen (secondary N) is 1. The molecule has 1 aromatic carbocycles. The molecule has 5 heteroatoms. The summed E-state index contributed by atoms with van der Waals surface area (Å²) >= 11 is 0. The first-order chi connectivity index (χ1) is 9.00. The SMILES string of the molecule is Cc1cc(C(N)=O)ccc1NCCCCCC(=O)O. The van der Waals surface area contributed by atoms with E-state index in [-0.39, 0.29) is 6.42 Å². The molecule has 0 spiro atoms. The number of carbonyl (C=O) groups excluding carboxylic acids is 1. The second-order valence-corrected chi connectivity index (χ2v) is 4.53. The molecule has 19 heavy (non-hydrogen) atoms. The highest BCUT2D eigenvalue weighted by atomic mass is 16.4. The van der Waals surface area contributed by atoms with Crippen molar-refractivity contribution >= 4 is 17.6 Å². The summed E-state index contributed by atoms with van der Waals surface area (Å²) in [5, 5.41) is 11.8. The minimum absolute atomic E-state index is 0.229. The van der Waals surface area contributed by atoms with Crippen molar-refractivity contribution in [2.24, 2.45) is 5.73 Å². The average molecular weight is 264 g/mol. The van der Waals surface area contributed by atoms with Crippen LogP contribution in [0, 0.1) is 6.92 Å². The van der Waals surface area contributed by atoms with Crippen molar-refractivity contribution in [2.45, 2.75) is 32.6 Å². The van der Waals surface area contributed by atoms with Crippen LogP contribution in [0.15, 0.2) is 18.2 Å². The van der Waals surface area contributed by atoms with Crippen molar-refractivity contribution in [3.05, 3.63) is 29.3 Å². The fraction of sp³-hybridized carbons (Fsp3) is 0.429. The summed E-state index contributed by atoms with van der Waals surface area (Å²) in [7, 11) is 0. The topological polar surface area (TPSA) is 92.4 Å². The van der Waals surface area contributed by atoms with Crippen LogP contribution in [0.3, 0.4) is 0 Å². The first-order valence-corrected chi connectivity index (χ1v) is 6.37. The zero-order valence-electron chi connectivity index (χ0n) is 11.1. The predicted octanol–water partition coefficient (Wildman–Crippen LogP) is 2.15. The molecule has 0 saturated carbocycles. The minimum atomic E-state index is -0.745. The molecule has 0 atom stereocenters. The third-order valence-corrected chi connectivity index (χ3v) is 2.89. The molecule has 4 N–H and O–H groups in total. The lowest BCUT2D eigenvalue weighted by atomic mass is 10.1. The molecule has 5 nitrogen and oxygen atoms in total. The van der Waals surface area contributed by atoms with Crippen LogP contribution in [-0.2, 0) is 4.79 Å². The van der Waals surface area contributed by atoms with E-state index in [1.165, 1.54) is 0 Å². The molecule has 0 heterocycles. The number of primary amides is 1. The molecule has 0 bridgehead atoms. The van der Waals surface area contributed by atoms with Gasteiger partial charge in [-0.1, -0.05) is 6.42 Å². The molecule has 0 aliphatic rings. The molecule has 0 fully saturated rings. The number of hydrogen-bond acceptors (Lipinski definition) is 3. The first-order valence-electron chi connectivity index (χ1n) is 6.37. The molecule has 0 radical (unpaired) electrons. The van der Waals surface area contributed by atoms with Gasteiger partial charge in [0.2, 0.25) is 5.91 Å². The third-order valence-electron chi connectivity index (χ3n) is 2.89. The minimum Gasteiger partial charge on any atom is -0.481 e. The predicted molar refractivity (Wildman–Crippen MR) is 74.3 cm³/mol. The van der Waals surface area contributed by atoms with Crippen LogP contribution >= 0.6 is 0 Å². The largest absolute Gasteiger partial charge is 0.481 e. The molecule has 1 rings (SSSR count). The number of benzene rings is 1. The van der Waals surface area contributed by atoms with Gasteiger partial charge >= 0.3 is 5.97 Å². The number of carboxylic acids is 1. The molecular formula is C14H20N2O3. The van der Waals surface area contributed by atoms with Gasteiger partial charge < -0.3 is 16.2 Å². The van der Waals surface area contributed by atoms with Crippen LogP contribution in [0.2, 0.25) is 0 Å². The molecule has 104 valence electrons. The van der Waals surface area contributed by atoms with E-state index < -0.39 is 11.9 Å². The monoisotopic (exact) mass is 264 g/mol. The molecule has 0 aromatic heterocycles. The summed E-state index contributed by atoms with van der Waals surface area (Å²) < 4.78 is 0. The Morgan fingerprint density at radius 1 is 1.26 bits per heavy atom. The van der Waals surface area contributed by atoms with Crippen LogP contribution in [-0.4, -0.2) is 23.5 Å². The second-order valence-electron chi connectivity index (χ2n) is 4.53. The number of hydrogen-bond donors (Lipinski definition) is 3. The van der Waals surface area contributed by atoms with Crippen molar-refractivity contribution in [2.75, 3.05) is 11.9 Å². The Morgan fingerprint density at radius 3 is 2.58 bits per heavy atom. The van der Waals surface area contributed by atoms with E-state index in [1.54, 1.807) is 12.1 Å². The van der Waals surface area contributed by atoms with Crippen molar-refractivity contribution in [1.29, 1.82) is 0 Å². The number of carboxylic acid groups (broad SMARTS) is 1. The fourth-order valence-electron chi connectivity index (χ4n) is 1.82. The highest BCUT2D eigenvalue weighted by Gasteiger charge is 2.03. The van der Waals surface area contributed by atoms with Gasteiger partial charge in [0.05, 0.1) is 0 Å². The Hall–Kier alpha value is -2.04. The zero-order valence-corrected chi connectivity index (χ0v) is 11.1. The van der Waals surface area contributed by atoms with Gasteiger partial charge in [-0.3, -0.25) is 9.59 Å². The van der Waals surface area contributed by atoms with Crippen LogP contribution in [0.25, 0.3) is 0 Å². The smallest absolute Gasteiger partial charge is 0.303 e.